The van der Waals surface area contributed by atoms with Crippen LogP contribution < -0.4 is 0 Å². The van der Waals surface area contributed by atoms with Crippen LogP contribution in [0.3, 0.4) is 0 Å². The highest BCUT2D eigenvalue weighted by atomic mass is 16.2. The van der Waals surface area contributed by atoms with Crippen molar-refractivity contribution < 1.29 is 9.59 Å². The highest BCUT2D eigenvalue weighted by Gasteiger charge is 2.42. The summed E-state index contributed by atoms with van der Waals surface area (Å²) in [7, 11) is 0. The van der Waals surface area contributed by atoms with E-state index in [1.165, 1.54) is 43.2 Å². The number of carbonyl (C=O) groups excluding carboxylic acids is 2. The lowest BCUT2D eigenvalue weighted by Crippen LogP contribution is -2.51. The summed E-state index contributed by atoms with van der Waals surface area (Å²) in [6, 6.07) is 8.77. The lowest BCUT2D eigenvalue weighted by molar-refractivity contribution is -0.142. The Morgan fingerprint density at radius 3 is 2.38 bits per heavy atom. The third kappa shape index (κ3) is 3.15. The first kappa shape index (κ1) is 17.6. The number of hydrogen-bond acceptors (Lipinski definition) is 2. The SMILES string of the molecule is CC(=O)N1CCC(C(=O)N2Cc3ccccc3C3(CCCCC3)C2)CC1. The quantitative estimate of drug-likeness (QED) is 0.774. The molecule has 1 aliphatic carbocycles. The fourth-order valence-electron chi connectivity index (χ4n) is 5.40. The second-order valence-corrected chi connectivity index (χ2v) is 8.47. The van der Waals surface area contributed by atoms with Crippen LogP contribution in [0.1, 0.15) is 63.0 Å². The van der Waals surface area contributed by atoms with Crippen molar-refractivity contribution in [2.75, 3.05) is 19.6 Å². The molecule has 26 heavy (non-hydrogen) atoms. The van der Waals surface area contributed by atoms with Gasteiger partial charge in [-0.15, -0.1) is 0 Å². The van der Waals surface area contributed by atoms with Crippen LogP contribution in [0.2, 0.25) is 0 Å². The van der Waals surface area contributed by atoms with Crippen LogP contribution in [0.5, 0.6) is 0 Å². The van der Waals surface area contributed by atoms with E-state index in [1.54, 1.807) is 6.92 Å². The predicted octanol–water partition coefficient (Wildman–Crippen LogP) is 3.49. The summed E-state index contributed by atoms with van der Waals surface area (Å²) in [5, 5.41) is 0. The van der Waals surface area contributed by atoms with E-state index in [2.05, 4.69) is 29.2 Å². The van der Waals surface area contributed by atoms with Crippen molar-refractivity contribution in [1.29, 1.82) is 0 Å². The Bertz CT molecular complexity index is 685. The van der Waals surface area contributed by atoms with Crippen LogP contribution in [0.15, 0.2) is 24.3 Å². The topological polar surface area (TPSA) is 40.6 Å². The molecule has 140 valence electrons. The van der Waals surface area contributed by atoms with Gasteiger partial charge in [0.1, 0.15) is 0 Å². The fourth-order valence-corrected chi connectivity index (χ4v) is 5.40. The summed E-state index contributed by atoms with van der Waals surface area (Å²) in [4.78, 5) is 28.8. The monoisotopic (exact) mass is 354 g/mol. The van der Waals surface area contributed by atoms with Crippen LogP contribution in [-0.2, 0) is 21.5 Å². The Labute approximate surface area is 156 Å². The molecule has 4 heteroatoms. The Morgan fingerprint density at radius 2 is 1.69 bits per heavy atom. The van der Waals surface area contributed by atoms with E-state index in [-0.39, 0.29) is 17.2 Å². The lowest BCUT2D eigenvalue weighted by atomic mass is 9.66. The van der Waals surface area contributed by atoms with Gasteiger partial charge in [0.2, 0.25) is 11.8 Å². The molecule has 1 aromatic rings. The number of benzene rings is 1. The van der Waals surface area contributed by atoms with E-state index < -0.39 is 0 Å². The molecule has 0 radical (unpaired) electrons. The molecular weight excluding hydrogens is 324 g/mol. The van der Waals surface area contributed by atoms with Gasteiger partial charge in [0.25, 0.3) is 0 Å². The number of rotatable bonds is 1. The van der Waals surface area contributed by atoms with Gasteiger partial charge in [-0.05, 0) is 36.8 Å². The zero-order valence-corrected chi connectivity index (χ0v) is 15.9. The molecular formula is C22H30N2O2. The Balaban J connectivity index is 1.53. The highest BCUT2D eigenvalue weighted by Crippen LogP contribution is 2.45. The van der Waals surface area contributed by atoms with Gasteiger partial charge in [0.15, 0.2) is 0 Å². The molecule has 2 heterocycles. The predicted molar refractivity (Wildman–Crippen MR) is 102 cm³/mol. The molecule has 0 aromatic heterocycles. The summed E-state index contributed by atoms with van der Waals surface area (Å²) in [5.74, 6) is 0.521. The molecule has 4 rings (SSSR count). The van der Waals surface area contributed by atoms with Gasteiger partial charge < -0.3 is 9.80 Å². The third-order valence-corrected chi connectivity index (χ3v) is 6.86. The van der Waals surface area contributed by atoms with E-state index in [1.807, 2.05) is 4.90 Å². The number of nitrogens with zero attached hydrogens (tertiary/aromatic N) is 2. The van der Waals surface area contributed by atoms with Gasteiger partial charge in [-0.2, -0.15) is 0 Å². The maximum Gasteiger partial charge on any atom is 0.226 e. The van der Waals surface area contributed by atoms with Crippen LogP contribution in [-0.4, -0.2) is 41.2 Å². The van der Waals surface area contributed by atoms with Crippen molar-refractivity contribution in [3.8, 4) is 0 Å². The lowest BCUT2D eigenvalue weighted by Gasteiger charge is -2.47. The smallest absolute Gasteiger partial charge is 0.226 e. The number of amides is 2. The molecule has 1 spiro atoms. The average molecular weight is 354 g/mol. The van der Waals surface area contributed by atoms with E-state index in [0.29, 0.717) is 5.91 Å². The number of hydrogen-bond donors (Lipinski definition) is 0. The summed E-state index contributed by atoms with van der Waals surface area (Å²) in [6.07, 6.45) is 7.89. The van der Waals surface area contributed by atoms with Crippen LogP contribution in [0, 0.1) is 5.92 Å². The van der Waals surface area contributed by atoms with Crippen LogP contribution >= 0.6 is 0 Å². The Kier molecular flexibility index (Phi) is 4.76. The van der Waals surface area contributed by atoms with Gasteiger partial charge in [0, 0.05) is 44.4 Å². The maximum atomic E-state index is 13.3. The molecule has 4 nitrogen and oxygen atoms in total. The van der Waals surface area contributed by atoms with Crippen LogP contribution in [0.25, 0.3) is 0 Å². The molecule has 2 aliphatic heterocycles. The summed E-state index contributed by atoms with van der Waals surface area (Å²) in [5.41, 5.74) is 3.01. The van der Waals surface area contributed by atoms with Gasteiger partial charge in [-0.3, -0.25) is 9.59 Å². The van der Waals surface area contributed by atoms with Crippen molar-refractivity contribution in [3.05, 3.63) is 35.4 Å². The first-order chi connectivity index (χ1) is 12.6. The minimum absolute atomic E-state index is 0.0801. The first-order valence-corrected chi connectivity index (χ1v) is 10.2. The standard InChI is InChI=1S/C22H30N2O2/c1-17(25)23-13-9-18(10-14-23)21(26)24-15-19-7-3-4-8-20(19)22(16-24)11-5-2-6-12-22/h3-4,7-8,18H,2,5-6,9-16H2,1H3. The van der Waals surface area contributed by atoms with E-state index >= 15 is 0 Å². The van der Waals surface area contributed by atoms with E-state index in [9.17, 15) is 9.59 Å². The molecule has 1 aromatic carbocycles. The third-order valence-electron chi connectivity index (χ3n) is 6.86. The van der Waals surface area contributed by atoms with Crippen molar-refractivity contribution in [1.82, 2.24) is 9.80 Å². The van der Waals surface area contributed by atoms with Gasteiger partial charge in [-0.1, -0.05) is 43.5 Å². The summed E-state index contributed by atoms with van der Waals surface area (Å²) >= 11 is 0. The summed E-state index contributed by atoms with van der Waals surface area (Å²) in [6.45, 7) is 4.71. The molecule has 1 saturated carbocycles. The molecule has 3 aliphatic rings. The average Bonchev–Trinajstić information content (AvgIpc) is 2.68. The number of fused-ring (bicyclic) bond motifs is 2. The van der Waals surface area contributed by atoms with Crippen LogP contribution in [0.4, 0.5) is 0 Å². The number of carbonyl (C=O) groups is 2. The second-order valence-electron chi connectivity index (χ2n) is 8.47. The van der Waals surface area contributed by atoms with Gasteiger partial charge in [-0.25, -0.2) is 0 Å². The molecule has 2 amide bonds. The Morgan fingerprint density at radius 1 is 1.00 bits per heavy atom. The van der Waals surface area contributed by atoms with Crippen molar-refractivity contribution >= 4 is 11.8 Å². The van der Waals surface area contributed by atoms with E-state index in [0.717, 1.165) is 39.0 Å². The van der Waals surface area contributed by atoms with Crippen molar-refractivity contribution in [3.63, 3.8) is 0 Å². The molecule has 0 bridgehead atoms. The zero-order valence-electron chi connectivity index (χ0n) is 15.9. The summed E-state index contributed by atoms with van der Waals surface area (Å²) < 4.78 is 0. The van der Waals surface area contributed by atoms with Crippen molar-refractivity contribution in [2.45, 2.75) is 63.8 Å². The number of likely N-dealkylation sites (tertiary alicyclic amines) is 1. The number of piperidine rings is 1. The molecule has 0 atom stereocenters. The molecule has 0 unspecified atom stereocenters. The second kappa shape index (κ2) is 7.05. The largest absolute Gasteiger partial charge is 0.343 e. The fraction of sp³-hybridized carbons (Fsp3) is 0.636. The first-order valence-electron chi connectivity index (χ1n) is 10.2. The minimum atomic E-state index is 0.0801. The normalized spacial score (nSPS) is 23.0. The zero-order chi connectivity index (χ0) is 18.1. The van der Waals surface area contributed by atoms with Gasteiger partial charge in [0.05, 0.1) is 0 Å². The maximum absolute atomic E-state index is 13.3. The Hall–Kier alpha value is -1.84. The van der Waals surface area contributed by atoms with Crippen molar-refractivity contribution in [2.24, 2.45) is 5.92 Å². The molecule has 2 fully saturated rings. The van der Waals surface area contributed by atoms with Gasteiger partial charge >= 0.3 is 0 Å². The van der Waals surface area contributed by atoms with E-state index in [4.69, 9.17) is 0 Å². The molecule has 0 N–H and O–H groups in total. The minimum Gasteiger partial charge on any atom is -0.343 e. The highest BCUT2D eigenvalue weighted by molar-refractivity contribution is 5.80. The molecule has 1 saturated heterocycles.